The molecular weight excluding hydrogens is 280 g/mol. The number of carbonyl (C=O) groups excluding carboxylic acids is 2. The number of nitrogens with zero attached hydrogens (tertiary/aromatic N) is 2. The van der Waals surface area contributed by atoms with Crippen LogP contribution in [-0.4, -0.2) is 34.3 Å². The molecule has 112 valence electrons. The molecular formula is C16H16N4O2. The number of aromatic nitrogens is 2. The first-order chi connectivity index (χ1) is 10.5. The van der Waals surface area contributed by atoms with E-state index >= 15 is 0 Å². The molecule has 0 aliphatic heterocycles. The van der Waals surface area contributed by atoms with Gasteiger partial charge in [-0.2, -0.15) is 0 Å². The van der Waals surface area contributed by atoms with Gasteiger partial charge in [-0.05, 0) is 24.6 Å². The molecule has 0 saturated heterocycles. The Morgan fingerprint density at radius 2 is 1.95 bits per heavy atom. The lowest BCUT2D eigenvalue weighted by molar-refractivity contribution is -0.111. The molecule has 2 aromatic rings. The van der Waals surface area contributed by atoms with Crippen LogP contribution in [0.15, 0.2) is 30.6 Å². The molecule has 2 rings (SSSR count). The van der Waals surface area contributed by atoms with Gasteiger partial charge in [-0.3, -0.25) is 10.2 Å². The van der Waals surface area contributed by atoms with Crippen LogP contribution < -0.4 is 5.32 Å². The SMILES string of the molecule is CC(=O)C(=N)c1cc(-c2cnc(C)nc2)ccc1NCC=O. The number of rotatable bonds is 6. The van der Waals surface area contributed by atoms with Crippen molar-refractivity contribution in [3.05, 3.63) is 42.0 Å². The van der Waals surface area contributed by atoms with Crippen LogP contribution in [-0.2, 0) is 9.59 Å². The predicted molar refractivity (Wildman–Crippen MR) is 84.3 cm³/mol. The highest BCUT2D eigenvalue weighted by molar-refractivity contribution is 6.45. The minimum atomic E-state index is -0.341. The van der Waals surface area contributed by atoms with Gasteiger partial charge in [0.25, 0.3) is 0 Å². The fourth-order valence-corrected chi connectivity index (χ4v) is 1.97. The minimum absolute atomic E-state index is 0.108. The number of hydrogen-bond acceptors (Lipinski definition) is 6. The average molecular weight is 296 g/mol. The lowest BCUT2D eigenvalue weighted by atomic mass is 9.99. The summed E-state index contributed by atoms with van der Waals surface area (Å²) in [6, 6.07) is 5.30. The molecule has 1 aromatic carbocycles. The van der Waals surface area contributed by atoms with Crippen molar-refractivity contribution in [3.8, 4) is 11.1 Å². The molecule has 6 nitrogen and oxygen atoms in total. The summed E-state index contributed by atoms with van der Waals surface area (Å²) in [4.78, 5) is 30.3. The van der Waals surface area contributed by atoms with Crippen LogP contribution in [0.4, 0.5) is 5.69 Å². The highest BCUT2D eigenvalue weighted by Gasteiger charge is 2.13. The Morgan fingerprint density at radius 3 is 2.55 bits per heavy atom. The molecule has 0 unspecified atom stereocenters. The molecule has 0 saturated carbocycles. The highest BCUT2D eigenvalue weighted by Crippen LogP contribution is 2.25. The molecule has 22 heavy (non-hydrogen) atoms. The zero-order valence-corrected chi connectivity index (χ0v) is 12.4. The number of aryl methyl sites for hydroxylation is 1. The van der Waals surface area contributed by atoms with E-state index in [1.807, 2.05) is 6.07 Å². The second kappa shape index (κ2) is 6.71. The summed E-state index contributed by atoms with van der Waals surface area (Å²) in [5.41, 5.74) is 2.52. The Bertz CT molecular complexity index is 723. The van der Waals surface area contributed by atoms with Crippen molar-refractivity contribution in [2.24, 2.45) is 0 Å². The molecule has 6 heteroatoms. The zero-order valence-electron chi connectivity index (χ0n) is 12.4. The smallest absolute Gasteiger partial charge is 0.178 e. The van der Waals surface area contributed by atoms with E-state index in [1.165, 1.54) is 6.92 Å². The molecule has 0 amide bonds. The van der Waals surface area contributed by atoms with E-state index in [0.29, 0.717) is 17.1 Å². The first-order valence-corrected chi connectivity index (χ1v) is 6.73. The van der Waals surface area contributed by atoms with Crippen molar-refractivity contribution in [2.75, 3.05) is 11.9 Å². The molecule has 2 N–H and O–H groups in total. The molecule has 0 spiro atoms. The predicted octanol–water partition coefficient (Wildman–Crippen LogP) is 2.02. The lowest BCUT2D eigenvalue weighted by Crippen LogP contribution is -2.14. The second-order valence-corrected chi connectivity index (χ2v) is 4.76. The Morgan fingerprint density at radius 1 is 1.27 bits per heavy atom. The first-order valence-electron chi connectivity index (χ1n) is 6.73. The maximum absolute atomic E-state index is 11.5. The number of benzene rings is 1. The van der Waals surface area contributed by atoms with Gasteiger partial charge in [-0.25, -0.2) is 9.97 Å². The monoisotopic (exact) mass is 296 g/mol. The van der Waals surface area contributed by atoms with Gasteiger partial charge < -0.3 is 10.1 Å². The number of anilines is 1. The van der Waals surface area contributed by atoms with Crippen molar-refractivity contribution in [3.63, 3.8) is 0 Å². The van der Waals surface area contributed by atoms with Crippen LogP contribution in [0.1, 0.15) is 18.3 Å². The van der Waals surface area contributed by atoms with E-state index in [-0.39, 0.29) is 18.0 Å². The Balaban J connectivity index is 2.48. The Labute approximate surface area is 128 Å². The number of aldehydes is 1. The third-order valence-corrected chi connectivity index (χ3v) is 3.13. The maximum atomic E-state index is 11.5. The molecule has 0 fully saturated rings. The number of carbonyl (C=O) groups is 2. The highest BCUT2D eigenvalue weighted by atomic mass is 16.1. The fourth-order valence-electron chi connectivity index (χ4n) is 1.97. The largest absolute Gasteiger partial charge is 0.378 e. The summed E-state index contributed by atoms with van der Waals surface area (Å²) < 4.78 is 0. The van der Waals surface area contributed by atoms with Gasteiger partial charge in [0.05, 0.1) is 6.54 Å². The molecule has 1 heterocycles. The van der Waals surface area contributed by atoms with Gasteiger partial charge in [-0.1, -0.05) is 6.07 Å². The first kappa shape index (κ1) is 15.5. The Kier molecular flexibility index (Phi) is 4.73. The third-order valence-electron chi connectivity index (χ3n) is 3.13. The normalized spacial score (nSPS) is 10.1. The van der Waals surface area contributed by atoms with Crippen LogP contribution in [0.25, 0.3) is 11.1 Å². The van der Waals surface area contributed by atoms with Crippen LogP contribution in [0.2, 0.25) is 0 Å². The van der Waals surface area contributed by atoms with E-state index in [9.17, 15) is 9.59 Å². The van der Waals surface area contributed by atoms with Crippen molar-refractivity contribution in [2.45, 2.75) is 13.8 Å². The van der Waals surface area contributed by atoms with Gasteiger partial charge in [0, 0.05) is 36.1 Å². The zero-order chi connectivity index (χ0) is 16.1. The topological polar surface area (TPSA) is 95.8 Å². The van der Waals surface area contributed by atoms with Gasteiger partial charge in [-0.15, -0.1) is 0 Å². The molecule has 0 aliphatic carbocycles. The minimum Gasteiger partial charge on any atom is -0.378 e. The van der Waals surface area contributed by atoms with Gasteiger partial charge in [0.15, 0.2) is 5.78 Å². The third kappa shape index (κ3) is 3.41. The summed E-state index contributed by atoms with van der Waals surface area (Å²) in [6.45, 7) is 3.26. The standard InChI is InChI=1S/C16H16N4O2/c1-10(22)16(17)14-7-12(3-4-15(14)18-5-6-21)13-8-19-11(2)20-9-13/h3-4,6-9,17-18H,5H2,1-2H3. The van der Waals surface area contributed by atoms with E-state index in [2.05, 4.69) is 15.3 Å². The summed E-state index contributed by atoms with van der Waals surface area (Å²) >= 11 is 0. The van der Waals surface area contributed by atoms with E-state index in [1.54, 1.807) is 31.5 Å². The summed E-state index contributed by atoms with van der Waals surface area (Å²) in [5, 5.41) is 10.8. The maximum Gasteiger partial charge on any atom is 0.178 e. The summed E-state index contributed by atoms with van der Waals surface area (Å²) in [5.74, 6) is 0.330. The summed E-state index contributed by atoms with van der Waals surface area (Å²) in [7, 11) is 0. The van der Waals surface area contributed by atoms with Crippen molar-refractivity contribution < 1.29 is 9.59 Å². The molecule has 0 radical (unpaired) electrons. The molecule has 1 aromatic heterocycles. The van der Waals surface area contributed by atoms with E-state index in [4.69, 9.17) is 5.41 Å². The van der Waals surface area contributed by atoms with Crippen LogP contribution in [0, 0.1) is 12.3 Å². The molecule has 0 bridgehead atoms. The number of hydrogen-bond donors (Lipinski definition) is 2. The van der Waals surface area contributed by atoms with Crippen LogP contribution >= 0.6 is 0 Å². The summed E-state index contributed by atoms with van der Waals surface area (Å²) in [6.07, 6.45) is 4.11. The van der Waals surface area contributed by atoms with Crippen LogP contribution in [0.3, 0.4) is 0 Å². The molecule has 0 atom stereocenters. The number of nitrogens with one attached hydrogen (secondary N) is 2. The number of Topliss-reactive ketones (excluding diaryl/α,β-unsaturated/α-hetero) is 1. The Hall–Kier alpha value is -2.89. The lowest BCUT2D eigenvalue weighted by Gasteiger charge is -2.12. The van der Waals surface area contributed by atoms with Crippen molar-refractivity contribution in [1.29, 1.82) is 5.41 Å². The van der Waals surface area contributed by atoms with Gasteiger partial charge >= 0.3 is 0 Å². The molecule has 0 aliphatic rings. The quantitative estimate of drug-likeness (QED) is 0.628. The number of ketones is 1. The fraction of sp³-hybridized carbons (Fsp3) is 0.188. The van der Waals surface area contributed by atoms with E-state index < -0.39 is 0 Å². The van der Waals surface area contributed by atoms with E-state index in [0.717, 1.165) is 17.4 Å². The average Bonchev–Trinajstić information content (AvgIpc) is 2.52. The van der Waals surface area contributed by atoms with Crippen molar-refractivity contribution >= 4 is 23.5 Å². The van der Waals surface area contributed by atoms with Crippen LogP contribution in [0.5, 0.6) is 0 Å². The second-order valence-electron chi connectivity index (χ2n) is 4.76. The van der Waals surface area contributed by atoms with Gasteiger partial charge in [0.2, 0.25) is 0 Å². The van der Waals surface area contributed by atoms with Gasteiger partial charge in [0.1, 0.15) is 17.8 Å². The van der Waals surface area contributed by atoms with Crippen molar-refractivity contribution in [1.82, 2.24) is 9.97 Å².